The number of nitrogens with zero attached hydrogens (tertiary/aromatic N) is 5. The number of anilines is 1. The fraction of sp³-hybridized carbons (Fsp3) is 0.120. The van der Waals surface area contributed by atoms with Gasteiger partial charge < -0.3 is 0 Å². The Kier molecular flexibility index (Phi) is 5.25. The molecule has 0 aliphatic carbocycles. The summed E-state index contributed by atoms with van der Waals surface area (Å²) in [5.41, 5.74) is 5.07. The number of thiazole rings is 1. The van der Waals surface area contributed by atoms with Crippen LogP contribution in [-0.2, 0) is 6.54 Å². The Morgan fingerprint density at radius 3 is 2.62 bits per heavy atom. The average molecular weight is 440 g/mol. The molecule has 32 heavy (non-hydrogen) atoms. The van der Waals surface area contributed by atoms with Crippen molar-refractivity contribution in [3.05, 3.63) is 102 Å². The van der Waals surface area contributed by atoms with Crippen LogP contribution in [0.4, 0.5) is 5.13 Å². The predicted octanol–water partition coefficient (Wildman–Crippen LogP) is 5.34. The molecule has 0 spiro atoms. The van der Waals surface area contributed by atoms with Crippen molar-refractivity contribution in [2.24, 2.45) is 0 Å². The van der Waals surface area contributed by atoms with Gasteiger partial charge in [0.25, 0.3) is 5.91 Å². The highest BCUT2D eigenvalue weighted by atomic mass is 32.1. The van der Waals surface area contributed by atoms with Crippen LogP contribution in [0.25, 0.3) is 15.9 Å². The van der Waals surface area contributed by atoms with Crippen molar-refractivity contribution in [2.75, 3.05) is 4.90 Å². The number of pyridine rings is 1. The minimum absolute atomic E-state index is 0.147. The molecule has 7 heteroatoms. The van der Waals surface area contributed by atoms with E-state index in [0.717, 1.165) is 32.9 Å². The second kappa shape index (κ2) is 8.36. The molecule has 0 radical (unpaired) electrons. The van der Waals surface area contributed by atoms with Gasteiger partial charge in [-0.2, -0.15) is 5.10 Å². The molecule has 0 fully saturated rings. The zero-order chi connectivity index (χ0) is 22.1. The molecule has 0 saturated heterocycles. The normalized spacial score (nSPS) is 11.1. The number of carbonyl (C=O) groups excluding carboxylic acids is 1. The van der Waals surface area contributed by atoms with Gasteiger partial charge in [-0.1, -0.05) is 41.7 Å². The molecule has 3 aromatic heterocycles. The Labute approximate surface area is 189 Å². The minimum Gasteiger partial charge on any atom is -0.278 e. The summed E-state index contributed by atoms with van der Waals surface area (Å²) in [7, 11) is 0. The molecular formula is C25H21N5OS. The number of carbonyl (C=O) groups is 1. The lowest BCUT2D eigenvalue weighted by molar-refractivity contribution is 0.0984. The van der Waals surface area contributed by atoms with Gasteiger partial charge in [0.1, 0.15) is 0 Å². The van der Waals surface area contributed by atoms with E-state index < -0.39 is 0 Å². The topological polar surface area (TPSA) is 63.9 Å². The quantitative estimate of drug-likeness (QED) is 0.371. The number of para-hydroxylation sites is 1. The molecule has 0 atom stereocenters. The lowest BCUT2D eigenvalue weighted by Crippen LogP contribution is -2.31. The zero-order valence-electron chi connectivity index (χ0n) is 17.8. The number of amides is 1. The third-order valence-corrected chi connectivity index (χ3v) is 6.34. The second-order valence-corrected chi connectivity index (χ2v) is 8.58. The lowest BCUT2D eigenvalue weighted by Gasteiger charge is -2.19. The van der Waals surface area contributed by atoms with E-state index in [9.17, 15) is 4.79 Å². The SMILES string of the molecule is Cc1ccc2nc(N(Cc3ccccn3)C(=O)c3cnn(-c4ccccc4)c3C)sc2c1. The van der Waals surface area contributed by atoms with E-state index in [1.54, 1.807) is 22.0 Å². The zero-order valence-corrected chi connectivity index (χ0v) is 18.6. The van der Waals surface area contributed by atoms with Crippen LogP contribution in [0.1, 0.15) is 27.3 Å². The van der Waals surface area contributed by atoms with Gasteiger partial charge in [0.15, 0.2) is 5.13 Å². The smallest absolute Gasteiger partial charge is 0.263 e. The average Bonchev–Trinajstić information content (AvgIpc) is 3.41. The first kappa shape index (κ1) is 20.1. The maximum Gasteiger partial charge on any atom is 0.263 e. The van der Waals surface area contributed by atoms with Gasteiger partial charge in [-0.15, -0.1) is 0 Å². The van der Waals surface area contributed by atoms with E-state index in [-0.39, 0.29) is 5.91 Å². The van der Waals surface area contributed by atoms with Gasteiger partial charge in [0, 0.05) is 6.20 Å². The molecule has 3 heterocycles. The predicted molar refractivity (Wildman–Crippen MR) is 127 cm³/mol. The molecule has 0 bridgehead atoms. The molecule has 6 nitrogen and oxygen atoms in total. The molecular weight excluding hydrogens is 418 g/mol. The third-order valence-electron chi connectivity index (χ3n) is 5.30. The van der Waals surface area contributed by atoms with Gasteiger partial charge in [-0.05, 0) is 55.8 Å². The maximum absolute atomic E-state index is 13.8. The van der Waals surface area contributed by atoms with Gasteiger partial charge in [-0.3, -0.25) is 14.7 Å². The summed E-state index contributed by atoms with van der Waals surface area (Å²) in [6.07, 6.45) is 3.37. The number of aryl methyl sites for hydroxylation is 1. The molecule has 2 aromatic carbocycles. The first-order valence-electron chi connectivity index (χ1n) is 10.3. The lowest BCUT2D eigenvalue weighted by atomic mass is 10.2. The first-order chi connectivity index (χ1) is 15.6. The number of hydrogen-bond acceptors (Lipinski definition) is 5. The Balaban J connectivity index is 1.57. The molecule has 5 aromatic rings. The summed E-state index contributed by atoms with van der Waals surface area (Å²) in [5, 5.41) is 5.13. The van der Waals surface area contributed by atoms with Crippen molar-refractivity contribution in [1.82, 2.24) is 19.7 Å². The molecule has 158 valence electrons. The number of fused-ring (bicyclic) bond motifs is 1. The van der Waals surface area contributed by atoms with Crippen LogP contribution in [0.5, 0.6) is 0 Å². The van der Waals surface area contributed by atoms with Crippen molar-refractivity contribution < 1.29 is 4.79 Å². The first-order valence-corrected chi connectivity index (χ1v) is 11.1. The summed E-state index contributed by atoms with van der Waals surface area (Å²) in [6.45, 7) is 4.29. The molecule has 0 aliphatic rings. The summed E-state index contributed by atoms with van der Waals surface area (Å²) in [6, 6.07) is 21.6. The van der Waals surface area contributed by atoms with E-state index >= 15 is 0 Å². The van der Waals surface area contributed by atoms with Gasteiger partial charge in [-0.25, -0.2) is 9.67 Å². The maximum atomic E-state index is 13.8. The van der Waals surface area contributed by atoms with Crippen molar-refractivity contribution in [3.63, 3.8) is 0 Å². The van der Waals surface area contributed by atoms with Crippen molar-refractivity contribution in [3.8, 4) is 5.69 Å². The van der Waals surface area contributed by atoms with Gasteiger partial charge >= 0.3 is 0 Å². The standard InChI is InChI=1S/C25H21N5OS/c1-17-11-12-22-23(14-17)32-25(28-22)29(16-19-8-6-7-13-26-19)24(31)21-15-27-30(18(21)2)20-9-4-3-5-10-20/h3-15H,16H2,1-2H3. The van der Waals surface area contributed by atoms with Gasteiger partial charge in [0.2, 0.25) is 0 Å². The Morgan fingerprint density at radius 1 is 1.03 bits per heavy atom. The van der Waals surface area contributed by atoms with Crippen LogP contribution in [-0.4, -0.2) is 25.7 Å². The monoisotopic (exact) mass is 439 g/mol. The van der Waals surface area contributed by atoms with E-state index in [0.29, 0.717) is 17.2 Å². The van der Waals surface area contributed by atoms with Crippen molar-refractivity contribution in [1.29, 1.82) is 0 Å². The molecule has 0 unspecified atom stereocenters. The highest BCUT2D eigenvalue weighted by Gasteiger charge is 2.25. The third kappa shape index (κ3) is 3.78. The van der Waals surface area contributed by atoms with Crippen LogP contribution in [0.15, 0.2) is 79.1 Å². The van der Waals surface area contributed by atoms with E-state index in [1.165, 1.54) is 11.3 Å². The van der Waals surface area contributed by atoms with E-state index in [2.05, 4.69) is 23.1 Å². The Hall–Kier alpha value is -3.84. The largest absolute Gasteiger partial charge is 0.278 e. The molecule has 0 saturated carbocycles. The number of aromatic nitrogens is 4. The molecule has 0 N–H and O–H groups in total. The summed E-state index contributed by atoms with van der Waals surface area (Å²) >= 11 is 1.51. The van der Waals surface area contributed by atoms with Crippen LogP contribution >= 0.6 is 11.3 Å². The number of benzene rings is 2. The van der Waals surface area contributed by atoms with Crippen LogP contribution in [0.3, 0.4) is 0 Å². The Bertz CT molecular complexity index is 1390. The van der Waals surface area contributed by atoms with E-state index in [4.69, 9.17) is 4.98 Å². The minimum atomic E-state index is -0.147. The molecule has 0 aliphatic heterocycles. The second-order valence-electron chi connectivity index (χ2n) is 7.57. The number of hydrogen-bond donors (Lipinski definition) is 0. The van der Waals surface area contributed by atoms with Crippen LogP contribution in [0.2, 0.25) is 0 Å². The summed E-state index contributed by atoms with van der Waals surface area (Å²) in [5.74, 6) is -0.147. The molecule has 1 amide bonds. The number of rotatable bonds is 5. The van der Waals surface area contributed by atoms with Crippen LogP contribution < -0.4 is 4.90 Å². The van der Waals surface area contributed by atoms with Crippen molar-refractivity contribution >= 4 is 32.6 Å². The fourth-order valence-electron chi connectivity index (χ4n) is 3.61. The highest BCUT2D eigenvalue weighted by molar-refractivity contribution is 7.22. The van der Waals surface area contributed by atoms with E-state index in [1.807, 2.05) is 67.6 Å². The molecule has 5 rings (SSSR count). The summed E-state index contributed by atoms with van der Waals surface area (Å²) < 4.78 is 2.84. The van der Waals surface area contributed by atoms with Gasteiger partial charge in [0.05, 0.1) is 45.6 Å². The highest BCUT2D eigenvalue weighted by Crippen LogP contribution is 2.31. The summed E-state index contributed by atoms with van der Waals surface area (Å²) in [4.78, 5) is 24.7. The Morgan fingerprint density at radius 2 is 1.84 bits per heavy atom. The van der Waals surface area contributed by atoms with Crippen molar-refractivity contribution in [2.45, 2.75) is 20.4 Å². The van der Waals surface area contributed by atoms with Crippen LogP contribution in [0, 0.1) is 13.8 Å². The fourth-order valence-corrected chi connectivity index (χ4v) is 4.67.